The SMILES string of the molecule is CC(CN)CCCNc1ccnn1C1CNC1. The fraction of sp³-hybridized carbons (Fsp3) is 0.750. The minimum Gasteiger partial charge on any atom is -0.370 e. The highest BCUT2D eigenvalue weighted by atomic mass is 15.4. The van der Waals surface area contributed by atoms with Gasteiger partial charge in [0, 0.05) is 25.7 Å². The average Bonchev–Trinajstić information content (AvgIpc) is 2.70. The van der Waals surface area contributed by atoms with Crippen molar-refractivity contribution in [2.24, 2.45) is 11.7 Å². The molecule has 1 atom stereocenters. The zero-order chi connectivity index (χ0) is 12.1. The highest BCUT2D eigenvalue weighted by Crippen LogP contribution is 2.17. The molecule has 4 N–H and O–H groups in total. The normalized spacial score (nSPS) is 17.8. The molecule has 0 amide bonds. The second-order valence-electron chi connectivity index (χ2n) is 4.88. The predicted molar refractivity (Wildman–Crippen MR) is 70.1 cm³/mol. The van der Waals surface area contributed by atoms with Gasteiger partial charge >= 0.3 is 0 Å². The largest absolute Gasteiger partial charge is 0.370 e. The maximum Gasteiger partial charge on any atom is 0.124 e. The van der Waals surface area contributed by atoms with E-state index in [2.05, 4.69) is 27.3 Å². The van der Waals surface area contributed by atoms with Gasteiger partial charge in [0.05, 0.1) is 12.2 Å². The molecular weight excluding hydrogens is 214 g/mol. The quantitative estimate of drug-likeness (QED) is 0.614. The van der Waals surface area contributed by atoms with Gasteiger partial charge in [-0.2, -0.15) is 5.10 Å². The van der Waals surface area contributed by atoms with Crippen molar-refractivity contribution in [2.75, 3.05) is 31.5 Å². The Bertz CT molecular complexity index is 331. The van der Waals surface area contributed by atoms with Gasteiger partial charge in [0.1, 0.15) is 5.82 Å². The van der Waals surface area contributed by atoms with Crippen LogP contribution < -0.4 is 16.4 Å². The monoisotopic (exact) mass is 237 g/mol. The molecule has 2 rings (SSSR count). The molecule has 1 fully saturated rings. The molecule has 0 bridgehead atoms. The van der Waals surface area contributed by atoms with Crippen LogP contribution in [0.3, 0.4) is 0 Å². The van der Waals surface area contributed by atoms with E-state index in [0.717, 1.165) is 38.4 Å². The van der Waals surface area contributed by atoms with Crippen LogP contribution in [-0.4, -0.2) is 36.0 Å². The number of anilines is 1. The van der Waals surface area contributed by atoms with Crippen molar-refractivity contribution in [1.82, 2.24) is 15.1 Å². The van der Waals surface area contributed by atoms with Gasteiger partial charge in [0.15, 0.2) is 0 Å². The third-order valence-corrected chi connectivity index (χ3v) is 3.36. The molecular formula is C12H23N5. The van der Waals surface area contributed by atoms with E-state index >= 15 is 0 Å². The summed E-state index contributed by atoms with van der Waals surface area (Å²) in [7, 11) is 0. The zero-order valence-electron chi connectivity index (χ0n) is 10.5. The molecule has 0 aliphatic carbocycles. The van der Waals surface area contributed by atoms with Crippen LogP contribution in [0.2, 0.25) is 0 Å². The van der Waals surface area contributed by atoms with Crippen LogP contribution in [0.5, 0.6) is 0 Å². The van der Waals surface area contributed by atoms with Crippen LogP contribution >= 0.6 is 0 Å². The first-order chi connectivity index (χ1) is 8.31. The molecule has 0 radical (unpaired) electrons. The van der Waals surface area contributed by atoms with E-state index in [9.17, 15) is 0 Å². The lowest BCUT2D eigenvalue weighted by molar-refractivity contribution is 0.321. The van der Waals surface area contributed by atoms with Crippen molar-refractivity contribution in [2.45, 2.75) is 25.8 Å². The lowest BCUT2D eigenvalue weighted by Gasteiger charge is -2.29. The van der Waals surface area contributed by atoms with Gasteiger partial charge in [-0.15, -0.1) is 0 Å². The number of aromatic nitrogens is 2. The number of nitrogens with one attached hydrogen (secondary N) is 2. The Morgan fingerprint density at radius 2 is 2.47 bits per heavy atom. The summed E-state index contributed by atoms with van der Waals surface area (Å²) in [6, 6.07) is 2.57. The molecule has 5 heteroatoms. The Morgan fingerprint density at radius 1 is 1.65 bits per heavy atom. The second-order valence-corrected chi connectivity index (χ2v) is 4.88. The molecule has 2 heterocycles. The summed E-state index contributed by atoms with van der Waals surface area (Å²) in [6.07, 6.45) is 4.21. The van der Waals surface area contributed by atoms with Crippen LogP contribution in [0, 0.1) is 5.92 Å². The minimum absolute atomic E-state index is 0.524. The summed E-state index contributed by atoms with van der Waals surface area (Å²) in [5.41, 5.74) is 5.60. The third kappa shape index (κ3) is 3.20. The molecule has 1 aliphatic heterocycles. The lowest BCUT2D eigenvalue weighted by atomic mass is 10.1. The highest BCUT2D eigenvalue weighted by Gasteiger charge is 2.21. The first-order valence-corrected chi connectivity index (χ1v) is 6.49. The summed E-state index contributed by atoms with van der Waals surface area (Å²) >= 11 is 0. The van der Waals surface area contributed by atoms with Crippen molar-refractivity contribution in [3.8, 4) is 0 Å². The fourth-order valence-electron chi connectivity index (χ4n) is 1.98. The van der Waals surface area contributed by atoms with Crippen LogP contribution in [0.15, 0.2) is 12.3 Å². The maximum absolute atomic E-state index is 5.60. The summed E-state index contributed by atoms with van der Waals surface area (Å²) < 4.78 is 2.09. The van der Waals surface area contributed by atoms with Crippen LogP contribution in [-0.2, 0) is 0 Å². The molecule has 1 aromatic rings. The van der Waals surface area contributed by atoms with E-state index in [1.165, 1.54) is 6.42 Å². The first kappa shape index (κ1) is 12.4. The maximum atomic E-state index is 5.60. The second kappa shape index (κ2) is 6.02. The van der Waals surface area contributed by atoms with Crippen molar-refractivity contribution in [3.05, 3.63) is 12.3 Å². The molecule has 96 valence electrons. The van der Waals surface area contributed by atoms with E-state index < -0.39 is 0 Å². The lowest BCUT2D eigenvalue weighted by Crippen LogP contribution is -2.44. The number of hydrogen-bond acceptors (Lipinski definition) is 4. The summed E-state index contributed by atoms with van der Waals surface area (Å²) in [4.78, 5) is 0. The third-order valence-electron chi connectivity index (χ3n) is 3.36. The molecule has 5 nitrogen and oxygen atoms in total. The molecule has 1 aliphatic rings. The van der Waals surface area contributed by atoms with Gasteiger partial charge < -0.3 is 16.4 Å². The summed E-state index contributed by atoms with van der Waals surface area (Å²) in [5.74, 6) is 1.76. The van der Waals surface area contributed by atoms with E-state index in [1.54, 1.807) is 0 Å². The number of nitrogens with zero attached hydrogens (tertiary/aromatic N) is 2. The van der Waals surface area contributed by atoms with Crippen LogP contribution in [0.4, 0.5) is 5.82 Å². The molecule has 1 aromatic heterocycles. The van der Waals surface area contributed by atoms with Gasteiger partial charge in [-0.05, 0) is 25.3 Å². The van der Waals surface area contributed by atoms with Crippen LogP contribution in [0.1, 0.15) is 25.8 Å². The van der Waals surface area contributed by atoms with Crippen molar-refractivity contribution < 1.29 is 0 Å². The molecule has 0 saturated carbocycles. The first-order valence-electron chi connectivity index (χ1n) is 6.49. The van der Waals surface area contributed by atoms with E-state index in [1.807, 2.05) is 12.3 Å². The highest BCUT2D eigenvalue weighted by molar-refractivity contribution is 5.34. The van der Waals surface area contributed by atoms with Gasteiger partial charge in [-0.1, -0.05) is 6.92 Å². The average molecular weight is 237 g/mol. The predicted octanol–water partition coefficient (Wildman–Crippen LogP) is 0.814. The van der Waals surface area contributed by atoms with E-state index in [4.69, 9.17) is 5.73 Å². The fourth-order valence-corrected chi connectivity index (χ4v) is 1.98. The minimum atomic E-state index is 0.524. The standard InChI is InChI=1S/C12H23N5/c1-10(7-13)3-2-5-15-12-4-6-16-17(12)11-8-14-9-11/h4,6,10-11,14-15H,2-3,5,7-9,13H2,1H3. The smallest absolute Gasteiger partial charge is 0.124 e. The molecule has 1 saturated heterocycles. The Labute approximate surface area is 103 Å². The van der Waals surface area contributed by atoms with E-state index in [0.29, 0.717) is 12.0 Å². The molecule has 1 unspecified atom stereocenters. The van der Waals surface area contributed by atoms with E-state index in [-0.39, 0.29) is 0 Å². The Balaban J connectivity index is 1.73. The van der Waals surface area contributed by atoms with Crippen LogP contribution in [0.25, 0.3) is 0 Å². The Kier molecular flexibility index (Phi) is 4.39. The number of hydrogen-bond donors (Lipinski definition) is 3. The molecule has 0 aromatic carbocycles. The molecule has 0 spiro atoms. The van der Waals surface area contributed by atoms with Gasteiger partial charge in [0.2, 0.25) is 0 Å². The number of nitrogens with two attached hydrogens (primary N) is 1. The van der Waals surface area contributed by atoms with Crippen molar-refractivity contribution in [1.29, 1.82) is 0 Å². The van der Waals surface area contributed by atoms with Gasteiger partial charge in [-0.3, -0.25) is 0 Å². The molecule has 17 heavy (non-hydrogen) atoms. The summed E-state index contributed by atoms with van der Waals surface area (Å²) in [5, 5.41) is 11.1. The van der Waals surface area contributed by atoms with Gasteiger partial charge in [-0.25, -0.2) is 4.68 Å². The zero-order valence-corrected chi connectivity index (χ0v) is 10.5. The Morgan fingerprint density at radius 3 is 3.12 bits per heavy atom. The van der Waals surface area contributed by atoms with Crippen molar-refractivity contribution >= 4 is 5.82 Å². The Hall–Kier alpha value is -1.07. The van der Waals surface area contributed by atoms with Crippen molar-refractivity contribution in [3.63, 3.8) is 0 Å². The topological polar surface area (TPSA) is 67.9 Å². The number of rotatable bonds is 7. The van der Waals surface area contributed by atoms with Gasteiger partial charge in [0.25, 0.3) is 0 Å². The summed E-state index contributed by atoms with van der Waals surface area (Å²) in [6.45, 7) is 6.03.